The Labute approximate surface area is 191 Å². The molecule has 0 saturated carbocycles. The summed E-state index contributed by atoms with van der Waals surface area (Å²) >= 11 is 0. The monoisotopic (exact) mass is 459 g/mol. The number of hydrogen-bond donors (Lipinski definition) is 0. The molecule has 2 aromatic rings. The van der Waals surface area contributed by atoms with Crippen molar-refractivity contribution in [3.63, 3.8) is 0 Å². The van der Waals surface area contributed by atoms with Crippen LogP contribution in [0, 0.1) is 10.1 Å². The van der Waals surface area contributed by atoms with Crippen LogP contribution in [0.2, 0.25) is 0 Å². The van der Waals surface area contributed by atoms with Gasteiger partial charge in [0.15, 0.2) is 0 Å². The molecule has 0 N–H and O–H groups in total. The summed E-state index contributed by atoms with van der Waals surface area (Å²) in [6, 6.07) is 1.97. The highest BCUT2D eigenvalue weighted by molar-refractivity contribution is 5.87. The number of imidazole rings is 1. The summed E-state index contributed by atoms with van der Waals surface area (Å²) in [6.45, 7) is 2.28. The predicted octanol–water partition coefficient (Wildman–Crippen LogP) is 2.92. The van der Waals surface area contributed by atoms with Crippen molar-refractivity contribution in [1.82, 2.24) is 19.4 Å². The van der Waals surface area contributed by atoms with Gasteiger partial charge in [-0.1, -0.05) is 32.6 Å². The first kappa shape index (κ1) is 24.1. The number of amides is 1. The number of nitrogens with zero attached hydrogens (tertiary/aromatic N) is 5. The minimum Gasteiger partial charge on any atom is -0.487 e. The van der Waals surface area contributed by atoms with Gasteiger partial charge >= 0.3 is 11.8 Å². The van der Waals surface area contributed by atoms with Gasteiger partial charge in [-0.25, -0.2) is 4.79 Å². The minimum atomic E-state index is -0.805. The van der Waals surface area contributed by atoms with Gasteiger partial charge in [0.2, 0.25) is 12.2 Å². The summed E-state index contributed by atoms with van der Waals surface area (Å²) in [6.07, 6.45) is 9.86. The number of unbranched alkanes of at least 4 members (excludes halogenated alkanes) is 3. The SMILES string of the molecule is CCCCCC[C@H](C(=O)N1C[C@@H](Oc2cccnc2)C[C@H]1C(=O)OC)n1cnc([N+](=O)[O-])c1. The molecule has 1 saturated heterocycles. The fourth-order valence-corrected chi connectivity index (χ4v) is 4.04. The fourth-order valence-electron chi connectivity index (χ4n) is 4.04. The maximum atomic E-state index is 13.6. The van der Waals surface area contributed by atoms with Crippen LogP contribution in [-0.2, 0) is 14.3 Å². The summed E-state index contributed by atoms with van der Waals surface area (Å²) in [5, 5.41) is 11.1. The van der Waals surface area contributed by atoms with E-state index in [1.54, 1.807) is 24.5 Å². The molecule has 11 nitrogen and oxygen atoms in total. The van der Waals surface area contributed by atoms with Crippen molar-refractivity contribution in [1.29, 1.82) is 0 Å². The van der Waals surface area contributed by atoms with Crippen LogP contribution in [0.15, 0.2) is 37.1 Å². The Morgan fingerprint density at radius 2 is 2.15 bits per heavy atom. The lowest BCUT2D eigenvalue weighted by Gasteiger charge is -2.27. The summed E-state index contributed by atoms with van der Waals surface area (Å²) < 4.78 is 12.3. The summed E-state index contributed by atoms with van der Waals surface area (Å²) in [4.78, 5) is 45.9. The number of ether oxygens (including phenoxy) is 2. The second kappa shape index (κ2) is 11.4. The number of nitro groups is 1. The van der Waals surface area contributed by atoms with Crippen LogP contribution in [0.25, 0.3) is 0 Å². The summed E-state index contributed by atoms with van der Waals surface area (Å²) in [7, 11) is 1.28. The molecular formula is C22H29N5O6. The molecule has 0 unspecified atom stereocenters. The standard InChI is InChI=1S/C22H29N5O6/c1-3-4-5-6-9-18(25-14-20(24-15-25)27(30)31)21(28)26-13-17(11-19(26)22(29)32-2)33-16-8-7-10-23-12-16/h7-8,10,12,14-15,17-19H,3-6,9,11,13H2,1-2H3/t17-,18+,19-/m0/s1. The zero-order valence-corrected chi connectivity index (χ0v) is 18.8. The first-order valence-corrected chi connectivity index (χ1v) is 11.1. The normalized spacial score (nSPS) is 18.7. The van der Waals surface area contributed by atoms with E-state index < -0.39 is 29.1 Å². The lowest BCUT2D eigenvalue weighted by Crippen LogP contribution is -2.44. The number of aromatic nitrogens is 3. The molecule has 0 aromatic carbocycles. The second-order valence-electron chi connectivity index (χ2n) is 8.00. The lowest BCUT2D eigenvalue weighted by molar-refractivity contribution is -0.389. The van der Waals surface area contributed by atoms with E-state index in [1.807, 2.05) is 0 Å². The third-order valence-electron chi connectivity index (χ3n) is 5.71. The van der Waals surface area contributed by atoms with E-state index in [9.17, 15) is 19.7 Å². The number of pyridine rings is 1. The van der Waals surface area contributed by atoms with Crippen LogP contribution >= 0.6 is 0 Å². The Balaban J connectivity index is 1.82. The van der Waals surface area contributed by atoms with Crippen LogP contribution < -0.4 is 4.74 Å². The molecule has 178 valence electrons. The predicted molar refractivity (Wildman–Crippen MR) is 117 cm³/mol. The highest BCUT2D eigenvalue weighted by atomic mass is 16.6. The van der Waals surface area contributed by atoms with Gasteiger partial charge in [0.05, 0.1) is 19.9 Å². The molecule has 0 aliphatic carbocycles. The van der Waals surface area contributed by atoms with Crippen LogP contribution in [0.1, 0.15) is 51.5 Å². The van der Waals surface area contributed by atoms with Crippen LogP contribution in [0.5, 0.6) is 5.75 Å². The van der Waals surface area contributed by atoms with Gasteiger partial charge in [-0.3, -0.25) is 14.3 Å². The Hall–Kier alpha value is -3.50. The third kappa shape index (κ3) is 6.05. The maximum Gasteiger partial charge on any atom is 0.381 e. The Bertz CT molecular complexity index is 950. The first-order chi connectivity index (χ1) is 15.9. The first-order valence-electron chi connectivity index (χ1n) is 11.1. The van der Waals surface area contributed by atoms with Gasteiger partial charge in [0, 0.05) is 12.6 Å². The van der Waals surface area contributed by atoms with E-state index in [0.29, 0.717) is 12.2 Å². The molecule has 3 rings (SSSR count). The molecule has 1 aliphatic heterocycles. The van der Waals surface area contributed by atoms with Crippen molar-refractivity contribution < 1.29 is 24.0 Å². The molecule has 3 atom stereocenters. The minimum absolute atomic E-state index is 0.190. The summed E-state index contributed by atoms with van der Waals surface area (Å²) in [5.41, 5.74) is 0. The second-order valence-corrected chi connectivity index (χ2v) is 8.00. The molecule has 1 aliphatic rings. The van der Waals surface area contributed by atoms with Gasteiger partial charge in [-0.05, 0) is 28.5 Å². The van der Waals surface area contributed by atoms with Crippen LogP contribution in [0.3, 0.4) is 0 Å². The van der Waals surface area contributed by atoms with Crippen molar-refractivity contribution in [2.24, 2.45) is 0 Å². The average Bonchev–Trinajstić information content (AvgIpc) is 3.47. The number of methoxy groups -OCH3 is 1. The number of likely N-dealkylation sites (tertiary alicyclic amines) is 1. The highest BCUT2D eigenvalue weighted by Gasteiger charge is 2.44. The van der Waals surface area contributed by atoms with Gasteiger partial charge in [0.1, 0.15) is 30.1 Å². The van der Waals surface area contributed by atoms with E-state index in [-0.39, 0.29) is 24.7 Å². The Kier molecular flexibility index (Phi) is 8.34. The molecule has 11 heteroatoms. The van der Waals surface area contributed by atoms with Crippen molar-refractivity contribution >= 4 is 17.7 Å². The molecule has 1 amide bonds. The zero-order chi connectivity index (χ0) is 23.8. The van der Waals surface area contributed by atoms with Gasteiger partial charge in [-0.15, -0.1) is 0 Å². The highest BCUT2D eigenvalue weighted by Crippen LogP contribution is 2.29. The van der Waals surface area contributed by atoms with E-state index in [1.165, 1.54) is 29.1 Å². The molecule has 2 aromatic heterocycles. The Morgan fingerprint density at radius 3 is 2.79 bits per heavy atom. The van der Waals surface area contributed by atoms with Gasteiger partial charge < -0.3 is 24.5 Å². The molecule has 0 radical (unpaired) electrons. The number of rotatable bonds is 11. The molecule has 0 spiro atoms. The average molecular weight is 460 g/mol. The molecule has 1 fully saturated rings. The van der Waals surface area contributed by atoms with Gasteiger partial charge in [-0.2, -0.15) is 0 Å². The van der Waals surface area contributed by atoms with E-state index >= 15 is 0 Å². The third-order valence-corrected chi connectivity index (χ3v) is 5.71. The molecule has 3 heterocycles. The van der Waals surface area contributed by atoms with Crippen molar-refractivity contribution in [3.05, 3.63) is 47.2 Å². The lowest BCUT2D eigenvalue weighted by atomic mass is 10.1. The molecule has 33 heavy (non-hydrogen) atoms. The molecule has 0 bridgehead atoms. The van der Waals surface area contributed by atoms with E-state index in [4.69, 9.17) is 9.47 Å². The fraction of sp³-hybridized carbons (Fsp3) is 0.545. The number of carbonyl (C=O) groups excluding carboxylic acids is 2. The zero-order valence-electron chi connectivity index (χ0n) is 18.8. The number of carbonyl (C=O) groups is 2. The smallest absolute Gasteiger partial charge is 0.381 e. The van der Waals surface area contributed by atoms with Crippen molar-refractivity contribution in [2.45, 2.75) is 63.6 Å². The van der Waals surface area contributed by atoms with Gasteiger partial charge in [0.25, 0.3) is 0 Å². The van der Waals surface area contributed by atoms with E-state index in [2.05, 4.69) is 16.9 Å². The number of esters is 1. The van der Waals surface area contributed by atoms with Crippen molar-refractivity contribution in [2.75, 3.05) is 13.7 Å². The van der Waals surface area contributed by atoms with Crippen LogP contribution in [-0.4, -0.2) is 62.0 Å². The Morgan fingerprint density at radius 1 is 1.33 bits per heavy atom. The largest absolute Gasteiger partial charge is 0.487 e. The topological polar surface area (TPSA) is 130 Å². The summed E-state index contributed by atoms with van der Waals surface area (Å²) in [5.74, 6) is -0.625. The van der Waals surface area contributed by atoms with Crippen LogP contribution in [0.4, 0.5) is 5.82 Å². The molecular weight excluding hydrogens is 430 g/mol. The maximum absolute atomic E-state index is 13.6. The van der Waals surface area contributed by atoms with Crippen molar-refractivity contribution in [3.8, 4) is 5.75 Å². The quantitative estimate of drug-likeness (QED) is 0.217. The number of hydrogen-bond acceptors (Lipinski definition) is 8. The van der Waals surface area contributed by atoms with E-state index in [0.717, 1.165) is 25.7 Å².